The Hall–Kier alpha value is -1.16. The quantitative estimate of drug-likeness (QED) is 0.842. The van der Waals surface area contributed by atoms with E-state index in [0.29, 0.717) is 0 Å². The van der Waals surface area contributed by atoms with Crippen LogP contribution in [0.4, 0.5) is 5.95 Å². The summed E-state index contributed by atoms with van der Waals surface area (Å²) in [6.45, 7) is 8.30. The largest absolute Gasteiger partial charge is 0.340 e. The Labute approximate surface area is 121 Å². The molecule has 108 valence electrons. The van der Waals surface area contributed by atoms with E-state index in [1.807, 2.05) is 19.3 Å². The molecule has 1 saturated carbocycles. The summed E-state index contributed by atoms with van der Waals surface area (Å²) >= 11 is 0. The van der Waals surface area contributed by atoms with Crippen LogP contribution in [-0.2, 0) is 0 Å². The molecule has 0 radical (unpaired) electrons. The van der Waals surface area contributed by atoms with Crippen LogP contribution in [0.2, 0.25) is 0 Å². The van der Waals surface area contributed by atoms with E-state index in [-0.39, 0.29) is 0 Å². The minimum Gasteiger partial charge on any atom is -0.340 e. The molecule has 1 aliphatic carbocycles. The highest BCUT2D eigenvalue weighted by molar-refractivity contribution is 5.32. The van der Waals surface area contributed by atoms with Crippen LogP contribution in [0.15, 0.2) is 12.4 Å². The van der Waals surface area contributed by atoms with Gasteiger partial charge in [0, 0.05) is 38.6 Å². The van der Waals surface area contributed by atoms with Crippen molar-refractivity contribution in [3.8, 4) is 0 Å². The van der Waals surface area contributed by atoms with Crippen LogP contribution in [0.25, 0.3) is 0 Å². The maximum atomic E-state index is 4.50. The first-order chi connectivity index (χ1) is 9.78. The van der Waals surface area contributed by atoms with Gasteiger partial charge < -0.3 is 9.80 Å². The molecular weight excluding hydrogens is 248 g/mol. The van der Waals surface area contributed by atoms with Crippen LogP contribution in [0.3, 0.4) is 0 Å². The van der Waals surface area contributed by atoms with Crippen molar-refractivity contribution in [1.82, 2.24) is 14.9 Å². The number of hydrogen-bond donors (Lipinski definition) is 0. The predicted octanol–water partition coefficient (Wildman–Crippen LogP) is 1.95. The van der Waals surface area contributed by atoms with Gasteiger partial charge >= 0.3 is 0 Å². The second kappa shape index (κ2) is 4.99. The summed E-state index contributed by atoms with van der Waals surface area (Å²) in [6.07, 6.45) is 8.16. The van der Waals surface area contributed by atoms with Gasteiger partial charge in [0.2, 0.25) is 5.95 Å². The summed E-state index contributed by atoms with van der Waals surface area (Å²) in [5.41, 5.74) is 1.14. The van der Waals surface area contributed by atoms with E-state index in [1.165, 1.54) is 38.9 Å². The lowest BCUT2D eigenvalue weighted by Crippen LogP contribution is -2.40. The van der Waals surface area contributed by atoms with Crippen molar-refractivity contribution in [2.24, 2.45) is 17.8 Å². The minimum atomic E-state index is 0.826. The Kier molecular flexibility index (Phi) is 3.14. The van der Waals surface area contributed by atoms with Gasteiger partial charge in [-0.3, -0.25) is 0 Å². The average Bonchev–Trinajstić information content (AvgIpc) is 3.16. The van der Waals surface area contributed by atoms with Crippen molar-refractivity contribution < 1.29 is 0 Å². The van der Waals surface area contributed by atoms with Crippen molar-refractivity contribution >= 4 is 5.95 Å². The lowest BCUT2D eigenvalue weighted by Gasteiger charge is -2.34. The molecule has 2 saturated heterocycles. The SMILES string of the molecule is Cc1cnc(N2C[C@H]3CCN(CC4CC4)C[C@@H]3C2)nc1. The fraction of sp³-hybridized carbons (Fsp3) is 0.750. The Bertz CT molecular complexity index is 468. The van der Waals surface area contributed by atoms with Crippen molar-refractivity contribution in [3.63, 3.8) is 0 Å². The first-order valence-electron chi connectivity index (χ1n) is 8.04. The maximum absolute atomic E-state index is 4.50. The minimum absolute atomic E-state index is 0.826. The van der Waals surface area contributed by atoms with Crippen molar-refractivity contribution in [3.05, 3.63) is 18.0 Å². The number of rotatable bonds is 3. The van der Waals surface area contributed by atoms with Crippen LogP contribution >= 0.6 is 0 Å². The predicted molar refractivity (Wildman–Crippen MR) is 79.7 cm³/mol. The summed E-state index contributed by atoms with van der Waals surface area (Å²) in [5.74, 6) is 3.63. The van der Waals surface area contributed by atoms with E-state index in [9.17, 15) is 0 Å². The summed E-state index contributed by atoms with van der Waals surface area (Å²) in [4.78, 5) is 14.1. The van der Waals surface area contributed by atoms with E-state index in [4.69, 9.17) is 0 Å². The summed E-state index contributed by atoms with van der Waals surface area (Å²) in [5, 5.41) is 0. The zero-order valence-electron chi connectivity index (χ0n) is 12.3. The van der Waals surface area contributed by atoms with Crippen LogP contribution in [0.1, 0.15) is 24.8 Å². The van der Waals surface area contributed by atoms with Crippen LogP contribution in [0.5, 0.6) is 0 Å². The number of hydrogen-bond acceptors (Lipinski definition) is 4. The molecule has 0 bridgehead atoms. The molecule has 4 rings (SSSR count). The van der Waals surface area contributed by atoms with Crippen LogP contribution in [0, 0.1) is 24.7 Å². The topological polar surface area (TPSA) is 32.3 Å². The Morgan fingerprint density at radius 1 is 1.05 bits per heavy atom. The van der Waals surface area contributed by atoms with Gasteiger partial charge in [-0.2, -0.15) is 0 Å². The normalized spacial score (nSPS) is 30.6. The van der Waals surface area contributed by atoms with E-state index in [0.717, 1.165) is 42.4 Å². The van der Waals surface area contributed by atoms with Gasteiger partial charge in [0.05, 0.1) is 0 Å². The number of piperidine rings is 1. The smallest absolute Gasteiger partial charge is 0.225 e. The number of fused-ring (bicyclic) bond motifs is 1. The molecule has 0 aromatic carbocycles. The standard InChI is InChI=1S/C16H24N4/c1-12-6-17-16(18-7-12)20-10-14-4-5-19(8-13-2-3-13)9-15(14)11-20/h6-7,13-15H,2-5,8-11H2,1H3/t14-,15-/m1/s1. The third kappa shape index (κ3) is 2.53. The molecule has 2 aliphatic heterocycles. The molecule has 0 spiro atoms. The van der Waals surface area contributed by atoms with Crippen LogP contribution < -0.4 is 4.90 Å². The van der Waals surface area contributed by atoms with Gasteiger partial charge in [0.15, 0.2) is 0 Å². The summed E-state index contributed by atoms with van der Waals surface area (Å²) in [6, 6.07) is 0. The number of anilines is 1. The summed E-state index contributed by atoms with van der Waals surface area (Å²) < 4.78 is 0. The van der Waals surface area contributed by atoms with E-state index >= 15 is 0 Å². The first kappa shape index (κ1) is 12.6. The van der Waals surface area contributed by atoms with Crippen molar-refractivity contribution in [2.45, 2.75) is 26.2 Å². The van der Waals surface area contributed by atoms with Gasteiger partial charge in [-0.15, -0.1) is 0 Å². The average molecular weight is 272 g/mol. The first-order valence-corrected chi connectivity index (χ1v) is 8.04. The van der Waals surface area contributed by atoms with E-state index in [1.54, 1.807) is 0 Å². The number of aryl methyl sites for hydroxylation is 1. The lowest BCUT2D eigenvalue weighted by atomic mass is 9.88. The zero-order valence-corrected chi connectivity index (χ0v) is 12.3. The number of aromatic nitrogens is 2. The molecule has 0 N–H and O–H groups in total. The Morgan fingerprint density at radius 2 is 1.80 bits per heavy atom. The molecular formula is C16H24N4. The third-order valence-corrected chi connectivity index (χ3v) is 5.15. The number of nitrogens with zero attached hydrogens (tertiary/aromatic N) is 4. The van der Waals surface area contributed by atoms with E-state index < -0.39 is 0 Å². The summed E-state index contributed by atoms with van der Waals surface area (Å²) in [7, 11) is 0. The second-order valence-corrected chi connectivity index (χ2v) is 6.98. The van der Waals surface area contributed by atoms with Gasteiger partial charge in [-0.1, -0.05) is 0 Å². The number of likely N-dealkylation sites (tertiary alicyclic amines) is 1. The highest BCUT2D eigenvalue weighted by Crippen LogP contribution is 2.35. The highest BCUT2D eigenvalue weighted by atomic mass is 15.3. The molecule has 3 aliphatic rings. The van der Waals surface area contributed by atoms with Crippen molar-refractivity contribution in [2.75, 3.05) is 37.6 Å². The lowest BCUT2D eigenvalue weighted by molar-refractivity contribution is 0.143. The zero-order chi connectivity index (χ0) is 13.5. The fourth-order valence-corrected chi connectivity index (χ4v) is 3.79. The molecule has 4 nitrogen and oxygen atoms in total. The maximum Gasteiger partial charge on any atom is 0.225 e. The van der Waals surface area contributed by atoms with Crippen molar-refractivity contribution in [1.29, 1.82) is 0 Å². The van der Waals surface area contributed by atoms with Crippen LogP contribution in [-0.4, -0.2) is 47.6 Å². The monoisotopic (exact) mass is 272 g/mol. The van der Waals surface area contributed by atoms with E-state index in [2.05, 4.69) is 19.8 Å². The molecule has 2 atom stereocenters. The fourth-order valence-electron chi connectivity index (χ4n) is 3.79. The molecule has 3 fully saturated rings. The Morgan fingerprint density at radius 3 is 2.55 bits per heavy atom. The molecule has 3 heterocycles. The van der Waals surface area contributed by atoms with Gasteiger partial charge in [0.25, 0.3) is 0 Å². The van der Waals surface area contributed by atoms with Gasteiger partial charge in [-0.25, -0.2) is 9.97 Å². The highest BCUT2D eigenvalue weighted by Gasteiger charge is 2.38. The molecule has 1 aromatic rings. The second-order valence-electron chi connectivity index (χ2n) is 6.98. The molecule has 1 aromatic heterocycles. The Balaban J connectivity index is 1.40. The molecule has 0 amide bonds. The third-order valence-electron chi connectivity index (χ3n) is 5.15. The van der Waals surface area contributed by atoms with Gasteiger partial charge in [0.1, 0.15) is 0 Å². The molecule has 20 heavy (non-hydrogen) atoms. The van der Waals surface area contributed by atoms with Gasteiger partial charge in [-0.05, 0) is 56.0 Å². The molecule has 0 unspecified atom stereocenters. The molecule has 4 heteroatoms.